The zero-order valence-corrected chi connectivity index (χ0v) is 9.87. The first-order chi connectivity index (χ1) is 7.22. The molecular formula is C15H21. The third kappa shape index (κ3) is 4.83. The van der Waals surface area contributed by atoms with Gasteiger partial charge in [-0.3, -0.25) is 0 Å². The van der Waals surface area contributed by atoms with Gasteiger partial charge in [0.1, 0.15) is 0 Å². The molecule has 0 spiro atoms. The highest BCUT2D eigenvalue weighted by Gasteiger charge is 1.98. The first kappa shape index (κ1) is 12.0. The van der Waals surface area contributed by atoms with E-state index < -0.39 is 0 Å². The number of aryl methyl sites for hydroxylation is 1. The minimum absolute atomic E-state index is 0.739. The third-order valence-electron chi connectivity index (χ3n) is 2.50. The van der Waals surface area contributed by atoms with E-state index in [2.05, 4.69) is 38.1 Å². The molecule has 0 heteroatoms. The summed E-state index contributed by atoms with van der Waals surface area (Å²) < 4.78 is 0. The van der Waals surface area contributed by atoms with E-state index in [0.29, 0.717) is 0 Å². The molecule has 0 saturated carbocycles. The van der Waals surface area contributed by atoms with Gasteiger partial charge < -0.3 is 0 Å². The number of hydrogen-bond acceptors (Lipinski definition) is 0. The standard InChI is InChI=1S/C15H21/c1-4-5-6-7-14-8-10-15(11-9-14)12-13(2)3/h1,4,8-11,13H,5-7,12H2,2-3H3. The van der Waals surface area contributed by atoms with Gasteiger partial charge in [0.2, 0.25) is 0 Å². The van der Waals surface area contributed by atoms with Crippen molar-refractivity contribution in [3.8, 4) is 0 Å². The molecule has 15 heavy (non-hydrogen) atoms. The molecule has 0 aromatic heterocycles. The van der Waals surface area contributed by atoms with E-state index in [0.717, 1.165) is 25.2 Å². The van der Waals surface area contributed by atoms with Gasteiger partial charge in [-0.1, -0.05) is 50.8 Å². The molecule has 1 radical (unpaired) electrons. The molecule has 81 valence electrons. The summed E-state index contributed by atoms with van der Waals surface area (Å²) in [6.07, 6.45) is 6.22. The Bertz CT molecular complexity index is 279. The first-order valence-electron chi connectivity index (χ1n) is 5.83. The summed E-state index contributed by atoms with van der Waals surface area (Å²) in [7, 11) is 0. The van der Waals surface area contributed by atoms with Crippen LogP contribution in [0.25, 0.3) is 0 Å². The molecule has 0 aliphatic rings. The van der Waals surface area contributed by atoms with E-state index in [-0.39, 0.29) is 0 Å². The van der Waals surface area contributed by atoms with Crippen molar-refractivity contribution in [2.75, 3.05) is 0 Å². The van der Waals surface area contributed by atoms with Gasteiger partial charge in [-0.25, -0.2) is 0 Å². The van der Waals surface area contributed by atoms with E-state index in [4.69, 9.17) is 6.58 Å². The maximum Gasteiger partial charge on any atom is -0.0256 e. The molecule has 0 heterocycles. The van der Waals surface area contributed by atoms with Gasteiger partial charge in [0.25, 0.3) is 0 Å². The van der Waals surface area contributed by atoms with Crippen LogP contribution in [0.1, 0.15) is 37.8 Å². The summed E-state index contributed by atoms with van der Waals surface area (Å²) >= 11 is 0. The molecule has 1 aromatic rings. The molecule has 1 aromatic carbocycles. The second-order valence-electron chi connectivity index (χ2n) is 4.54. The van der Waals surface area contributed by atoms with Gasteiger partial charge in [0, 0.05) is 0 Å². The van der Waals surface area contributed by atoms with Crippen molar-refractivity contribution in [2.24, 2.45) is 5.92 Å². The Morgan fingerprint density at radius 3 is 2.27 bits per heavy atom. The minimum atomic E-state index is 0.739. The Balaban J connectivity index is 2.45. The molecule has 0 aliphatic carbocycles. The predicted octanol–water partition coefficient (Wildman–Crippen LogP) is 4.20. The zero-order valence-electron chi connectivity index (χ0n) is 9.87. The van der Waals surface area contributed by atoms with Crippen LogP contribution in [0.2, 0.25) is 0 Å². The quantitative estimate of drug-likeness (QED) is 0.605. The fourth-order valence-corrected chi connectivity index (χ4v) is 1.74. The van der Waals surface area contributed by atoms with Gasteiger partial charge in [-0.05, 0) is 42.7 Å². The lowest BCUT2D eigenvalue weighted by Gasteiger charge is -2.06. The highest BCUT2D eigenvalue weighted by atomic mass is 14.0. The van der Waals surface area contributed by atoms with Crippen molar-refractivity contribution in [1.82, 2.24) is 0 Å². The van der Waals surface area contributed by atoms with Crippen LogP contribution in [-0.4, -0.2) is 0 Å². The molecule has 0 saturated heterocycles. The number of hydrogen-bond donors (Lipinski definition) is 0. The van der Waals surface area contributed by atoms with E-state index in [1.54, 1.807) is 6.08 Å². The molecule has 0 amide bonds. The van der Waals surface area contributed by atoms with Crippen LogP contribution in [0.15, 0.2) is 30.3 Å². The monoisotopic (exact) mass is 201 g/mol. The molecule has 0 unspecified atom stereocenters. The Hall–Kier alpha value is -1.04. The number of rotatable bonds is 6. The van der Waals surface area contributed by atoms with Gasteiger partial charge >= 0.3 is 0 Å². The fourth-order valence-electron chi connectivity index (χ4n) is 1.74. The molecular weight excluding hydrogens is 180 g/mol. The normalized spacial score (nSPS) is 10.6. The average Bonchev–Trinajstić information content (AvgIpc) is 2.20. The van der Waals surface area contributed by atoms with Gasteiger partial charge in [0.05, 0.1) is 0 Å². The maximum atomic E-state index is 5.35. The van der Waals surface area contributed by atoms with Crippen molar-refractivity contribution >= 4 is 0 Å². The van der Waals surface area contributed by atoms with Gasteiger partial charge in [-0.15, -0.1) is 0 Å². The first-order valence-corrected chi connectivity index (χ1v) is 5.83. The van der Waals surface area contributed by atoms with Crippen molar-refractivity contribution in [3.05, 3.63) is 48.0 Å². The minimum Gasteiger partial charge on any atom is -0.0845 e. The Labute approximate surface area is 94.0 Å². The van der Waals surface area contributed by atoms with Crippen molar-refractivity contribution in [2.45, 2.75) is 39.5 Å². The largest absolute Gasteiger partial charge is 0.0845 e. The van der Waals surface area contributed by atoms with Crippen LogP contribution in [-0.2, 0) is 12.8 Å². The number of allylic oxidation sites excluding steroid dienone is 1. The topological polar surface area (TPSA) is 0 Å². The van der Waals surface area contributed by atoms with Crippen LogP contribution >= 0.6 is 0 Å². The fraction of sp³-hybridized carbons (Fsp3) is 0.467. The lowest BCUT2D eigenvalue weighted by atomic mass is 10.0. The van der Waals surface area contributed by atoms with Crippen molar-refractivity contribution in [1.29, 1.82) is 0 Å². The van der Waals surface area contributed by atoms with E-state index >= 15 is 0 Å². The molecule has 1 rings (SSSR count). The van der Waals surface area contributed by atoms with E-state index in [1.807, 2.05) is 0 Å². The summed E-state index contributed by atoms with van der Waals surface area (Å²) in [5.41, 5.74) is 2.86. The van der Waals surface area contributed by atoms with Crippen LogP contribution in [0.4, 0.5) is 0 Å². The summed E-state index contributed by atoms with van der Waals surface area (Å²) in [5.74, 6) is 0.739. The Morgan fingerprint density at radius 1 is 1.13 bits per heavy atom. The number of benzene rings is 1. The molecule has 0 nitrogen and oxygen atoms in total. The molecule has 0 atom stereocenters. The van der Waals surface area contributed by atoms with Crippen molar-refractivity contribution < 1.29 is 0 Å². The van der Waals surface area contributed by atoms with Crippen molar-refractivity contribution in [3.63, 3.8) is 0 Å². The van der Waals surface area contributed by atoms with E-state index in [1.165, 1.54) is 17.5 Å². The number of unbranched alkanes of at least 4 members (excludes halogenated alkanes) is 1. The van der Waals surface area contributed by atoms with Crippen LogP contribution in [0.5, 0.6) is 0 Å². The highest BCUT2D eigenvalue weighted by Crippen LogP contribution is 2.11. The summed E-state index contributed by atoms with van der Waals surface area (Å²) in [6, 6.07) is 8.99. The Morgan fingerprint density at radius 2 is 1.73 bits per heavy atom. The SMILES string of the molecule is [CH]=CCCCc1ccc(CC(C)C)cc1. The lowest BCUT2D eigenvalue weighted by Crippen LogP contribution is -1.94. The summed E-state index contributed by atoms with van der Waals surface area (Å²) in [6.45, 7) is 9.86. The second-order valence-corrected chi connectivity index (χ2v) is 4.54. The molecule has 0 N–H and O–H groups in total. The van der Waals surface area contributed by atoms with Crippen LogP contribution in [0, 0.1) is 12.5 Å². The molecule has 0 fully saturated rings. The smallest absolute Gasteiger partial charge is 0.0256 e. The second kappa shape index (κ2) is 6.44. The maximum absolute atomic E-state index is 5.35. The summed E-state index contributed by atoms with van der Waals surface area (Å²) in [4.78, 5) is 0. The van der Waals surface area contributed by atoms with Gasteiger partial charge in [-0.2, -0.15) is 0 Å². The summed E-state index contributed by atoms with van der Waals surface area (Å²) in [5, 5.41) is 0. The third-order valence-corrected chi connectivity index (χ3v) is 2.50. The highest BCUT2D eigenvalue weighted by molar-refractivity contribution is 5.22. The predicted molar refractivity (Wildman–Crippen MR) is 66.8 cm³/mol. The Kier molecular flexibility index (Phi) is 5.17. The molecule has 0 bridgehead atoms. The van der Waals surface area contributed by atoms with E-state index in [9.17, 15) is 0 Å². The molecule has 0 aliphatic heterocycles. The van der Waals surface area contributed by atoms with Gasteiger partial charge in [0.15, 0.2) is 0 Å². The average molecular weight is 201 g/mol. The lowest BCUT2D eigenvalue weighted by molar-refractivity contribution is 0.647. The zero-order chi connectivity index (χ0) is 11.1. The van der Waals surface area contributed by atoms with Crippen LogP contribution < -0.4 is 0 Å². The van der Waals surface area contributed by atoms with Crippen LogP contribution in [0.3, 0.4) is 0 Å².